The van der Waals surface area contributed by atoms with Crippen molar-refractivity contribution in [2.75, 3.05) is 6.61 Å². The summed E-state index contributed by atoms with van der Waals surface area (Å²) in [5, 5.41) is 11.4. The average molecular weight is 530 g/mol. The highest BCUT2D eigenvalue weighted by atomic mass is 79.9. The van der Waals surface area contributed by atoms with Crippen molar-refractivity contribution in [3.8, 4) is 0 Å². The lowest BCUT2D eigenvalue weighted by atomic mass is 9.56. The van der Waals surface area contributed by atoms with Crippen molar-refractivity contribution in [1.82, 2.24) is 0 Å². The van der Waals surface area contributed by atoms with Crippen molar-refractivity contribution in [3.63, 3.8) is 0 Å². The van der Waals surface area contributed by atoms with Gasteiger partial charge in [0, 0.05) is 30.9 Å². The monoisotopic (exact) mass is 527 g/mol. The molecule has 2 aliphatic rings. The topological polar surface area (TPSA) is 29.5 Å². The molecule has 2 aliphatic carbocycles. The van der Waals surface area contributed by atoms with Gasteiger partial charge in [-0.2, -0.15) is 0 Å². The van der Waals surface area contributed by atoms with E-state index >= 15 is 0 Å². The van der Waals surface area contributed by atoms with Crippen molar-refractivity contribution >= 4 is 66.8 Å². The summed E-state index contributed by atoms with van der Waals surface area (Å²) >= 11 is 13.0. The van der Waals surface area contributed by atoms with Crippen molar-refractivity contribution in [3.05, 3.63) is 21.1 Å². The van der Waals surface area contributed by atoms with Crippen LogP contribution in [-0.2, 0) is 4.74 Å². The molecule has 0 aromatic rings. The quantitative estimate of drug-likeness (QED) is 0.388. The normalized spacial score (nSPS) is 41.3. The van der Waals surface area contributed by atoms with E-state index in [9.17, 15) is 5.11 Å². The van der Waals surface area contributed by atoms with Gasteiger partial charge in [-0.25, -0.2) is 0 Å². The second-order valence-corrected chi connectivity index (χ2v) is 10.7. The third kappa shape index (κ3) is 4.91. The van der Waals surface area contributed by atoms with E-state index in [0.717, 1.165) is 28.4 Å². The Morgan fingerprint density at radius 3 is 2.57 bits per heavy atom. The van der Waals surface area contributed by atoms with Crippen LogP contribution in [0.2, 0.25) is 12.6 Å². The van der Waals surface area contributed by atoms with E-state index < -0.39 is 5.60 Å². The molecular formula is C16H23BBr3O2S. The maximum atomic E-state index is 10.6. The first-order valence-electron chi connectivity index (χ1n) is 7.97. The summed E-state index contributed by atoms with van der Waals surface area (Å²) in [6.45, 7) is 6.66. The standard InChI is InChI=1S/C16H23BBr3O2S/c1-4-22-15-11(18)5-9(6-12(15)19)23-10-7-13(17-3)16(2,21)14(20)8-10/h5,8-10,12-13,15,21H,4,6-7H2,1-3H3/t9?,10?,12?,13?,15?,16-/m1/s1. The highest BCUT2D eigenvalue weighted by Crippen LogP contribution is 2.46. The van der Waals surface area contributed by atoms with Crippen LogP contribution in [0.4, 0.5) is 0 Å². The van der Waals surface area contributed by atoms with E-state index in [0.29, 0.717) is 15.3 Å². The molecule has 1 N–H and O–H groups in total. The van der Waals surface area contributed by atoms with Crippen LogP contribution in [0, 0.1) is 0 Å². The molecule has 0 heterocycles. The van der Waals surface area contributed by atoms with E-state index in [-0.39, 0.29) is 11.9 Å². The van der Waals surface area contributed by atoms with Crippen molar-refractivity contribution in [2.45, 2.75) is 66.4 Å². The molecular weight excluding hydrogens is 507 g/mol. The molecule has 2 nitrogen and oxygen atoms in total. The highest BCUT2D eigenvalue weighted by molar-refractivity contribution is 9.12. The van der Waals surface area contributed by atoms with Gasteiger partial charge in [-0.3, -0.25) is 0 Å². The van der Waals surface area contributed by atoms with Gasteiger partial charge in [0.15, 0.2) is 0 Å². The molecule has 6 atom stereocenters. The summed E-state index contributed by atoms with van der Waals surface area (Å²) < 4.78 is 7.83. The van der Waals surface area contributed by atoms with Gasteiger partial charge in [-0.15, -0.1) is 11.8 Å². The van der Waals surface area contributed by atoms with Crippen LogP contribution in [0.25, 0.3) is 0 Å². The zero-order chi connectivity index (χ0) is 17.2. The number of hydrogen-bond acceptors (Lipinski definition) is 3. The number of alkyl halides is 1. The first kappa shape index (κ1) is 20.6. The Morgan fingerprint density at radius 2 is 2.00 bits per heavy atom. The Bertz CT molecular complexity index is 484. The van der Waals surface area contributed by atoms with Crippen LogP contribution in [0.15, 0.2) is 21.1 Å². The van der Waals surface area contributed by atoms with E-state index in [1.165, 1.54) is 0 Å². The molecule has 0 aromatic carbocycles. The first-order valence-corrected chi connectivity index (χ1v) is 11.4. The van der Waals surface area contributed by atoms with Gasteiger partial charge in [0.1, 0.15) is 13.4 Å². The second-order valence-electron chi connectivity index (χ2n) is 6.23. The molecule has 2 rings (SSSR count). The summed E-state index contributed by atoms with van der Waals surface area (Å²) in [6, 6.07) is 0. The smallest absolute Gasteiger partial charge is 0.114 e. The third-order valence-corrected chi connectivity index (χ3v) is 8.52. The number of halogens is 3. The molecule has 0 saturated carbocycles. The highest BCUT2D eigenvalue weighted by Gasteiger charge is 2.40. The van der Waals surface area contributed by atoms with E-state index in [2.05, 4.69) is 67.2 Å². The lowest BCUT2D eigenvalue weighted by Crippen LogP contribution is -2.39. The van der Waals surface area contributed by atoms with Crippen LogP contribution in [0.5, 0.6) is 0 Å². The van der Waals surface area contributed by atoms with Crippen LogP contribution >= 0.6 is 59.6 Å². The van der Waals surface area contributed by atoms with E-state index in [1.54, 1.807) is 0 Å². The third-order valence-electron chi connectivity index (χ3n) is 4.53. The number of ether oxygens (including phenoxy) is 1. The minimum atomic E-state index is -0.785. The van der Waals surface area contributed by atoms with E-state index in [4.69, 9.17) is 4.74 Å². The van der Waals surface area contributed by atoms with Crippen molar-refractivity contribution in [1.29, 1.82) is 0 Å². The van der Waals surface area contributed by atoms with E-state index in [1.807, 2.05) is 32.4 Å². The summed E-state index contributed by atoms with van der Waals surface area (Å²) in [7, 11) is 2.12. The number of thioether (sulfide) groups is 1. The van der Waals surface area contributed by atoms with Crippen molar-refractivity contribution in [2.24, 2.45) is 0 Å². The molecule has 5 unspecified atom stereocenters. The van der Waals surface area contributed by atoms with Crippen LogP contribution in [-0.4, -0.2) is 46.0 Å². The minimum Gasteiger partial charge on any atom is -0.385 e. The summed E-state index contributed by atoms with van der Waals surface area (Å²) in [4.78, 5) is 0.326. The SMILES string of the molecule is C[B]C1CC(SC2C=C(Br)C(OCC)C(Br)C2)C=C(Br)[C@]1(C)O. The van der Waals surface area contributed by atoms with Gasteiger partial charge in [0.25, 0.3) is 0 Å². The zero-order valence-corrected chi connectivity index (χ0v) is 19.2. The maximum Gasteiger partial charge on any atom is 0.114 e. The molecule has 0 fully saturated rings. The van der Waals surface area contributed by atoms with Crippen molar-refractivity contribution < 1.29 is 9.84 Å². The number of hydrogen-bond donors (Lipinski definition) is 1. The molecule has 0 bridgehead atoms. The summed E-state index contributed by atoms with van der Waals surface area (Å²) in [5.41, 5.74) is -0.785. The minimum absolute atomic E-state index is 0.114. The molecule has 0 aliphatic heterocycles. The first-order chi connectivity index (χ1) is 10.8. The predicted molar refractivity (Wildman–Crippen MR) is 113 cm³/mol. The molecule has 0 spiro atoms. The van der Waals surface area contributed by atoms with Gasteiger partial charge in [0.05, 0.1) is 5.60 Å². The average Bonchev–Trinajstić information content (AvgIpc) is 2.46. The molecule has 7 heteroatoms. The van der Waals surface area contributed by atoms with Gasteiger partial charge < -0.3 is 9.84 Å². The van der Waals surface area contributed by atoms with Crippen LogP contribution in [0.1, 0.15) is 26.7 Å². The van der Waals surface area contributed by atoms with Gasteiger partial charge in [-0.05, 0) is 32.5 Å². The fourth-order valence-electron chi connectivity index (χ4n) is 3.15. The Hall–Kier alpha value is 1.25. The Morgan fingerprint density at radius 1 is 1.35 bits per heavy atom. The summed E-state index contributed by atoms with van der Waals surface area (Å²) in [5.74, 6) is 0.173. The largest absolute Gasteiger partial charge is 0.385 e. The molecule has 1 radical (unpaired) electrons. The summed E-state index contributed by atoms with van der Waals surface area (Å²) in [6.07, 6.45) is 6.57. The predicted octanol–water partition coefficient (Wildman–Crippen LogP) is 5.28. The lowest BCUT2D eigenvalue weighted by molar-refractivity contribution is 0.0897. The fraction of sp³-hybridized carbons (Fsp3) is 0.750. The molecule has 0 saturated heterocycles. The van der Waals surface area contributed by atoms with Crippen LogP contribution < -0.4 is 0 Å². The fourth-order valence-corrected chi connectivity index (χ4v) is 7.86. The van der Waals surface area contributed by atoms with Gasteiger partial charge >= 0.3 is 0 Å². The van der Waals surface area contributed by atoms with Gasteiger partial charge in [0.2, 0.25) is 0 Å². The Kier molecular flexibility index (Phi) is 7.84. The lowest BCUT2D eigenvalue weighted by Gasteiger charge is -2.40. The maximum absolute atomic E-state index is 10.6. The molecule has 0 amide bonds. The Balaban J connectivity index is 2.07. The second kappa shape index (κ2) is 8.76. The molecule has 129 valence electrons. The Labute approximate surface area is 169 Å². The zero-order valence-electron chi connectivity index (χ0n) is 13.6. The van der Waals surface area contributed by atoms with Crippen LogP contribution in [0.3, 0.4) is 0 Å². The number of aliphatic hydroxyl groups is 1. The molecule has 0 aromatic heterocycles. The number of rotatable bonds is 5. The van der Waals surface area contributed by atoms with Gasteiger partial charge in [-0.1, -0.05) is 66.8 Å². The molecule has 23 heavy (non-hydrogen) atoms.